The van der Waals surface area contributed by atoms with Crippen LogP contribution < -0.4 is 5.32 Å². The molecule has 0 saturated heterocycles. The maximum Gasteiger partial charge on any atom is 0.0184 e. The van der Waals surface area contributed by atoms with Gasteiger partial charge in [-0.1, -0.05) is 30.3 Å². The van der Waals surface area contributed by atoms with Crippen LogP contribution in [-0.2, 0) is 5.75 Å². The molecule has 88 valence electrons. The Morgan fingerprint density at radius 1 is 1.12 bits per heavy atom. The van der Waals surface area contributed by atoms with E-state index >= 15 is 0 Å². The number of nitrogens with one attached hydrogen (secondary N) is 1. The minimum atomic E-state index is 0.872. The fourth-order valence-electron chi connectivity index (χ4n) is 1.69. The first-order valence-corrected chi connectivity index (χ1v) is 7.46. The quantitative estimate of drug-likeness (QED) is 0.693. The second-order valence-corrected chi connectivity index (χ2v) is 5.58. The minimum Gasteiger partial charge on any atom is -0.314 e. The van der Waals surface area contributed by atoms with Gasteiger partial charge in [-0.3, -0.25) is 0 Å². The Labute approximate surface area is 103 Å². The minimum absolute atomic E-state index is 0.872. The highest BCUT2D eigenvalue weighted by Crippen LogP contribution is 2.18. The van der Waals surface area contributed by atoms with E-state index in [0.717, 1.165) is 11.8 Å². The Morgan fingerprint density at radius 2 is 1.94 bits per heavy atom. The summed E-state index contributed by atoms with van der Waals surface area (Å²) in [6, 6.07) is 11.6. The molecule has 0 spiro atoms. The fraction of sp³-hybridized carbons (Fsp3) is 0.571. The Morgan fingerprint density at radius 3 is 2.69 bits per heavy atom. The van der Waals surface area contributed by atoms with Crippen molar-refractivity contribution in [3.8, 4) is 0 Å². The summed E-state index contributed by atoms with van der Waals surface area (Å²) in [5.41, 5.74) is 1.45. The van der Waals surface area contributed by atoms with Crippen molar-refractivity contribution >= 4 is 11.8 Å². The van der Waals surface area contributed by atoms with Gasteiger partial charge in [-0.05, 0) is 43.5 Å². The Hall–Kier alpha value is -0.470. The van der Waals surface area contributed by atoms with Crippen molar-refractivity contribution in [3.63, 3.8) is 0 Å². The van der Waals surface area contributed by atoms with Crippen LogP contribution in [0.25, 0.3) is 0 Å². The molecule has 0 aliphatic heterocycles. The highest BCUT2D eigenvalue weighted by molar-refractivity contribution is 7.98. The highest BCUT2D eigenvalue weighted by atomic mass is 32.2. The molecular formula is C14H21NS. The summed E-state index contributed by atoms with van der Waals surface area (Å²) in [5, 5.41) is 3.56. The zero-order chi connectivity index (χ0) is 11.1. The number of benzene rings is 1. The number of hydrogen-bond donors (Lipinski definition) is 1. The van der Waals surface area contributed by atoms with Gasteiger partial charge >= 0.3 is 0 Å². The van der Waals surface area contributed by atoms with E-state index in [1.54, 1.807) is 0 Å². The average Bonchev–Trinajstić information content (AvgIpc) is 3.13. The molecule has 0 heterocycles. The first-order chi connectivity index (χ1) is 7.95. The van der Waals surface area contributed by atoms with Crippen molar-refractivity contribution < 1.29 is 0 Å². The molecule has 0 aromatic heterocycles. The van der Waals surface area contributed by atoms with E-state index in [2.05, 4.69) is 47.4 Å². The standard InChI is InChI=1S/C14H21NS/c1-2-6-13(7-3-1)12-16-11-5-4-10-15-14-8-9-14/h1-3,6-7,14-15H,4-5,8-12H2. The molecule has 0 amide bonds. The molecule has 1 saturated carbocycles. The van der Waals surface area contributed by atoms with Crippen LogP contribution in [0.2, 0.25) is 0 Å². The maximum absolute atomic E-state index is 3.56. The lowest BCUT2D eigenvalue weighted by Gasteiger charge is -2.03. The highest BCUT2D eigenvalue weighted by Gasteiger charge is 2.19. The molecule has 2 rings (SSSR count). The second kappa shape index (κ2) is 6.97. The lowest BCUT2D eigenvalue weighted by atomic mass is 10.2. The molecular weight excluding hydrogens is 214 g/mol. The van der Waals surface area contributed by atoms with Crippen LogP contribution >= 0.6 is 11.8 Å². The van der Waals surface area contributed by atoms with Crippen LogP contribution in [0.5, 0.6) is 0 Å². The molecule has 1 N–H and O–H groups in total. The van der Waals surface area contributed by atoms with Crippen LogP contribution in [0.15, 0.2) is 30.3 Å². The second-order valence-electron chi connectivity index (χ2n) is 4.47. The van der Waals surface area contributed by atoms with E-state index in [9.17, 15) is 0 Å². The van der Waals surface area contributed by atoms with Crippen LogP contribution in [0, 0.1) is 0 Å². The van der Waals surface area contributed by atoms with Crippen LogP contribution in [0.3, 0.4) is 0 Å². The molecule has 1 nitrogen and oxygen atoms in total. The third-order valence-electron chi connectivity index (χ3n) is 2.84. The average molecular weight is 235 g/mol. The zero-order valence-corrected chi connectivity index (χ0v) is 10.6. The molecule has 1 fully saturated rings. The predicted octanol–water partition coefficient (Wildman–Crippen LogP) is 3.45. The van der Waals surface area contributed by atoms with Gasteiger partial charge in [0, 0.05) is 11.8 Å². The number of unbranched alkanes of at least 4 members (excludes halogenated alkanes) is 1. The van der Waals surface area contributed by atoms with Crippen LogP contribution in [0.1, 0.15) is 31.2 Å². The largest absolute Gasteiger partial charge is 0.314 e. The summed E-state index contributed by atoms with van der Waals surface area (Å²) < 4.78 is 0. The first-order valence-electron chi connectivity index (χ1n) is 6.30. The molecule has 1 aliphatic rings. The first kappa shape index (κ1) is 12.0. The van der Waals surface area contributed by atoms with Crippen molar-refractivity contribution in [2.45, 2.75) is 37.5 Å². The number of hydrogen-bond acceptors (Lipinski definition) is 2. The maximum atomic E-state index is 3.56. The van der Waals surface area contributed by atoms with E-state index in [4.69, 9.17) is 0 Å². The lowest BCUT2D eigenvalue weighted by Crippen LogP contribution is -2.17. The lowest BCUT2D eigenvalue weighted by molar-refractivity contribution is 0.640. The van der Waals surface area contributed by atoms with Gasteiger partial charge in [0.25, 0.3) is 0 Å². The van der Waals surface area contributed by atoms with Crippen LogP contribution in [0.4, 0.5) is 0 Å². The fourth-order valence-corrected chi connectivity index (χ4v) is 2.67. The molecule has 0 atom stereocenters. The van der Waals surface area contributed by atoms with Gasteiger partial charge < -0.3 is 5.32 Å². The summed E-state index contributed by atoms with van der Waals surface area (Å²) in [6.07, 6.45) is 5.49. The number of rotatable bonds is 8. The van der Waals surface area contributed by atoms with Gasteiger partial charge in [0.1, 0.15) is 0 Å². The third kappa shape index (κ3) is 5.04. The normalized spacial score (nSPS) is 15.2. The van der Waals surface area contributed by atoms with Crippen molar-refractivity contribution in [2.24, 2.45) is 0 Å². The van der Waals surface area contributed by atoms with Gasteiger partial charge in [-0.25, -0.2) is 0 Å². The van der Waals surface area contributed by atoms with Gasteiger partial charge in [0.2, 0.25) is 0 Å². The van der Waals surface area contributed by atoms with E-state index in [1.807, 2.05) is 0 Å². The molecule has 1 aromatic carbocycles. The number of thioether (sulfide) groups is 1. The van der Waals surface area contributed by atoms with Gasteiger partial charge in [0.15, 0.2) is 0 Å². The van der Waals surface area contributed by atoms with E-state index in [1.165, 1.54) is 43.5 Å². The van der Waals surface area contributed by atoms with Gasteiger partial charge in [0.05, 0.1) is 0 Å². The summed E-state index contributed by atoms with van der Waals surface area (Å²) >= 11 is 2.05. The van der Waals surface area contributed by atoms with Crippen LogP contribution in [-0.4, -0.2) is 18.3 Å². The predicted molar refractivity (Wildman–Crippen MR) is 72.9 cm³/mol. The molecule has 2 heteroatoms. The zero-order valence-electron chi connectivity index (χ0n) is 9.82. The van der Waals surface area contributed by atoms with Crippen molar-refractivity contribution in [1.82, 2.24) is 5.32 Å². The smallest absolute Gasteiger partial charge is 0.0184 e. The molecule has 1 aliphatic carbocycles. The van der Waals surface area contributed by atoms with E-state index in [-0.39, 0.29) is 0 Å². The summed E-state index contributed by atoms with van der Waals surface area (Å²) in [6.45, 7) is 1.22. The van der Waals surface area contributed by atoms with Gasteiger partial charge in [-0.2, -0.15) is 11.8 Å². The summed E-state index contributed by atoms with van der Waals surface area (Å²) in [5.74, 6) is 2.46. The molecule has 1 aromatic rings. The topological polar surface area (TPSA) is 12.0 Å². The third-order valence-corrected chi connectivity index (χ3v) is 3.95. The Balaban J connectivity index is 1.42. The summed E-state index contributed by atoms with van der Waals surface area (Å²) in [7, 11) is 0. The van der Waals surface area contributed by atoms with Crippen molar-refractivity contribution in [3.05, 3.63) is 35.9 Å². The van der Waals surface area contributed by atoms with E-state index in [0.29, 0.717) is 0 Å². The molecule has 0 bridgehead atoms. The molecule has 16 heavy (non-hydrogen) atoms. The molecule has 0 unspecified atom stereocenters. The SMILES string of the molecule is c1ccc(CSCCCCNC2CC2)cc1. The van der Waals surface area contributed by atoms with Crippen molar-refractivity contribution in [2.75, 3.05) is 12.3 Å². The van der Waals surface area contributed by atoms with Crippen molar-refractivity contribution in [1.29, 1.82) is 0 Å². The monoisotopic (exact) mass is 235 g/mol. The Kier molecular flexibility index (Phi) is 5.23. The van der Waals surface area contributed by atoms with Gasteiger partial charge in [-0.15, -0.1) is 0 Å². The Bertz CT molecular complexity index is 282. The summed E-state index contributed by atoms with van der Waals surface area (Å²) in [4.78, 5) is 0. The van der Waals surface area contributed by atoms with E-state index < -0.39 is 0 Å². The molecule has 0 radical (unpaired) electrons.